The van der Waals surface area contributed by atoms with Crippen molar-refractivity contribution in [2.45, 2.75) is 39.8 Å². The van der Waals surface area contributed by atoms with E-state index in [1.165, 1.54) is 12.1 Å². The Morgan fingerprint density at radius 2 is 1.95 bits per heavy atom. The minimum atomic E-state index is -0.938. The summed E-state index contributed by atoms with van der Waals surface area (Å²) in [6.07, 6.45) is 0. The molecule has 1 aromatic carbocycles. The first-order valence-corrected chi connectivity index (χ1v) is 6.79. The lowest BCUT2D eigenvalue weighted by Crippen LogP contribution is -2.54. The van der Waals surface area contributed by atoms with Crippen molar-refractivity contribution < 1.29 is 14.3 Å². The van der Waals surface area contributed by atoms with Crippen molar-refractivity contribution in [1.29, 1.82) is 0 Å². The highest BCUT2D eigenvalue weighted by atomic mass is 79.9. The molecule has 0 spiro atoms. The third-order valence-corrected chi connectivity index (χ3v) is 4.60. The summed E-state index contributed by atoms with van der Waals surface area (Å²) < 4.78 is 14.0. The van der Waals surface area contributed by atoms with Crippen molar-refractivity contribution in [1.82, 2.24) is 5.32 Å². The van der Waals surface area contributed by atoms with E-state index in [9.17, 15) is 14.3 Å². The van der Waals surface area contributed by atoms with Crippen molar-refractivity contribution in [3.63, 3.8) is 0 Å². The van der Waals surface area contributed by atoms with E-state index in [0.717, 1.165) is 10.0 Å². The first-order chi connectivity index (χ1) is 8.58. The molecule has 0 aromatic heterocycles. The molecule has 19 heavy (non-hydrogen) atoms. The van der Waals surface area contributed by atoms with Gasteiger partial charge in [-0.05, 0) is 51.5 Å². The van der Waals surface area contributed by atoms with Gasteiger partial charge in [0.1, 0.15) is 5.82 Å². The second-order valence-corrected chi connectivity index (χ2v) is 6.50. The summed E-state index contributed by atoms with van der Waals surface area (Å²) in [5, 5.41) is 12.5. The predicted octanol–water partition coefficient (Wildman–Crippen LogP) is 3.57. The lowest BCUT2D eigenvalue weighted by Gasteiger charge is -2.39. The van der Waals surface area contributed by atoms with E-state index < -0.39 is 16.9 Å². The second-order valence-electron chi connectivity index (χ2n) is 5.64. The van der Waals surface area contributed by atoms with Crippen LogP contribution in [0.1, 0.15) is 33.3 Å². The minimum Gasteiger partial charge on any atom is -0.481 e. The van der Waals surface area contributed by atoms with E-state index in [1.54, 1.807) is 19.9 Å². The molecule has 5 heteroatoms. The Morgan fingerprint density at radius 1 is 1.37 bits per heavy atom. The van der Waals surface area contributed by atoms with E-state index in [0.29, 0.717) is 6.54 Å². The molecule has 1 rings (SSSR count). The lowest BCUT2D eigenvalue weighted by molar-refractivity contribution is -0.151. The summed E-state index contributed by atoms with van der Waals surface area (Å²) >= 11 is 3.35. The van der Waals surface area contributed by atoms with Crippen molar-refractivity contribution in [3.8, 4) is 0 Å². The largest absolute Gasteiger partial charge is 0.481 e. The zero-order valence-electron chi connectivity index (χ0n) is 11.6. The maximum Gasteiger partial charge on any atom is 0.310 e. The average Bonchev–Trinajstić information content (AvgIpc) is 2.30. The van der Waals surface area contributed by atoms with Gasteiger partial charge >= 0.3 is 5.97 Å². The van der Waals surface area contributed by atoms with E-state index in [1.807, 2.05) is 13.8 Å². The molecule has 0 unspecified atom stereocenters. The normalized spacial score (nSPS) is 12.5. The summed E-state index contributed by atoms with van der Waals surface area (Å²) in [6, 6.07) is 4.45. The molecule has 0 amide bonds. The van der Waals surface area contributed by atoms with Crippen molar-refractivity contribution >= 4 is 21.9 Å². The predicted molar refractivity (Wildman–Crippen MR) is 76.4 cm³/mol. The number of nitrogens with one attached hydrogen (secondary N) is 1. The van der Waals surface area contributed by atoms with E-state index in [-0.39, 0.29) is 5.82 Å². The van der Waals surface area contributed by atoms with Gasteiger partial charge in [-0.2, -0.15) is 0 Å². The van der Waals surface area contributed by atoms with Crippen molar-refractivity contribution in [2.75, 3.05) is 0 Å². The summed E-state index contributed by atoms with van der Waals surface area (Å²) in [5.41, 5.74) is -0.813. The molecule has 1 aromatic rings. The highest BCUT2D eigenvalue weighted by Crippen LogP contribution is 2.31. The first-order valence-electron chi connectivity index (χ1n) is 6.00. The van der Waals surface area contributed by atoms with Crippen LogP contribution in [0.5, 0.6) is 0 Å². The molecule has 0 radical (unpaired) electrons. The van der Waals surface area contributed by atoms with E-state index in [2.05, 4.69) is 21.2 Å². The SMILES string of the molecule is CC(C)(NCc1cc(F)ccc1Br)C(C)(C)C(=O)O. The third kappa shape index (κ3) is 3.54. The zero-order chi connectivity index (χ0) is 14.8. The Balaban J connectivity index is 2.86. The summed E-state index contributed by atoms with van der Waals surface area (Å²) in [5.74, 6) is -1.18. The van der Waals surface area contributed by atoms with Crippen molar-refractivity contribution in [3.05, 3.63) is 34.1 Å². The topological polar surface area (TPSA) is 49.3 Å². The van der Waals surface area contributed by atoms with Gasteiger partial charge in [-0.1, -0.05) is 15.9 Å². The molecule has 0 saturated carbocycles. The molecule has 0 heterocycles. The molecule has 0 saturated heterocycles. The van der Waals surface area contributed by atoms with Gasteiger partial charge in [-0.25, -0.2) is 4.39 Å². The monoisotopic (exact) mass is 331 g/mol. The Hall–Kier alpha value is -0.940. The molecule has 0 atom stereocenters. The van der Waals surface area contributed by atoms with Gasteiger partial charge in [0.15, 0.2) is 0 Å². The van der Waals surface area contributed by atoms with Gasteiger partial charge in [-0.15, -0.1) is 0 Å². The third-order valence-electron chi connectivity index (χ3n) is 3.83. The van der Waals surface area contributed by atoms with Gasteiger partial charge in [0, 0.05) is 16.6 Å². The van der Waals surface area contributed by atoms with Gasteiger partial charge < -0.3 is 10.4 Å². The Morgan fingerprint density at radius 3 is 2.47 bits per heavy atom. The quantitative estimate of drug-likeness (QED) is 0.867. The van der Waals surface area contributed by atoms with Gasteiger partial charge in [-0.3, -0.25) is 4.79 Å². The van der Waals surface area contributed by atoms with Crippen LogP contribution in [-0.4, -0.2) is 16.6 Å². The van der Waals surface area contributed by atoms with Crippen LogP contribution in [0.4, 0.5) is 4.39 Å². The fourth-order valence-electron chi connectivity index (χ4n) is 1.48. The minimum absolute atomic E-state index is 0.310. The zero-order valence-corrected chi connectivity index (χ0v) is 13.1. The molecule has 0 aliphatic rings. The molecule has 0 aliphatic heterocycles. The fourth-order valence-corrected chi connectivity index (χ4v) is 1.87. The van der Waals surface area contributed by atoms with Crippen LogP contribution >= 0.6 is 15.9 Å². The van der Waals surface area contributed by atoms with Gasteiger partial charge in [0.05, 0.1) is 5.41 Å². The van der Waals surface area contributed by atoms with Crippen LogP contribution in [0.25, 0.3) is 0 Å². The number of halogens is 2. The van der Waals surface area contributed by atoms with Crippen LogP contribution in [0.15, 0.2) is 22.7 Å². The van der Waals surface area contributed by atoms with E-state index in [4.69, 9.17) is 0 Å². The smallest absolute Gasteiger partial charge is 0.310 e. The maximum atomic E-state index is 13.2. The van der Waals surface area contributed by atoms with Gasteiger partial charge in [0.25, 0.3) is 0 Å². The standard InChI is InChI=1S/C14H19BrFNO2/c1-13(2,12(18)19)14(3,4)17-8-9-7-10(16)5-6-11(9)15/h5-7,17H,8H2,1-4H3,(H,18,19). The van der Waals surface area contributed by atoms with Crippen LogP contribution in [0, 0.1) is 11.2 Å². The highest BCUT2D eigenvalue weighted by Gasteiger charge is 2.43. The lowest BCUT2D eigenvalue weighted by atomic mass is 9.74. The van der Waals surface area contributed by atoms with Crippen LogP contribution in [0.2, 0.25) is 0 Å². The maximum absolute atomic E-state index is 13.2. The number of carbonyl (C=O) groups is 1. The average molecular weight is 332 g/mol. The van der Waals surface area contributed by atoms with Gasteiger partial charge in [0.2, 0.25) is 0 Å². The van der Waals surface area contributed by atoms with Crippen molar-refractivity contribution in [2.24, 2.45) is 5.41 Å². The second kappa shape index (κ2) is 5.59. The van der Waals surface area contributed by atoms with Crippen LogP contribution in [-0.2, 0) is 11.3 Å². The molecule has 3 nitrogen and oxygen atoms in total. The summed E-state index contributed by atoms with van der Waals surface area (Å²) in [6.45, 7) is 7.39. The fraction of sp³-hybridized carbons (Fsp3) is 0.500. The highest BCUT2D eigenvalue weighted by molar-refractivity contribution is 9.10. The Kier molecular flexibility index (Phi) is 4.74. The molecule has 0 bridgehead atoms. The first kappa shape index (κ1) is 16.1. The summed E-state index contributed by atoms with van der Waals surface area (Å²) in [4.78, 5) is 11.3. The number of hydrogen-bond donors (Lipinski definition) is 2. The number of aliphatic carboxylic acids is 1. The summed E-state index contributed by atoms with van der Waals surface area (Å²) in [7, 11) is 0. The molecule has 106 valence electrons. The Bertz CT molecular complexity index is 486. The Labute approximate surface area is 121 Å². The number of hydrogen-bond acceptors (Lipinski definition) is 2. The number of carboxylic acid groups (broad SMARTS) is 1. The number of benzene rings is 1. The molecule has 2 N–H and O–H groups in total. The van der Waals surface area contributed by atoms with Crippen LogP contribution in [0.3, 0.4) is 0 Å². The van der Waals surface area contributed by atoms with E-state index >= 15 is 0 Å². The number of rotatable bonds is 5. The molecule has 0 fully saturated rings. The molecular weight excluding hydrogens is 313 g/mol. The molecular formula is C14H19BrFNO2. The number of carboxylic acids is 1. The van der Waals surface area contributed by atoms with Crippen LogP contribution < -0.4 is 5.32 Å². The molecule has 0 aliphatic carbocycles.